The summed E-state index contributed by atoms with van der Waals surface area (Å²) < 4.78 is 20.8. The van der Waals surface area contributed by atoms with Crippen molar-refractivity contribution in [2.45, 2.75) is 19.5 Å². The van der Waals surface area contributed by atoms with Crippen LogP contribution in [0.4, 0.5) is 0 Å². The van der Waals surface area contributed by atoms with Crippen molar-refractivity contribution in [1.82, 2.24) is 19.1 Å². The molecule has 27 heavy (non-hydrogen) atoms. The Hall–Kier alpha value is -2.80. The summed E-state index contributed by atoms with van der Waals surface area (Å²) in [5.74, 6) is 3.76. The second-order valence-corrected chi connectivity index (χ2v) is 6.67. The molecule has 3 aromatic rings. The summed E-state index contributed by atoms with van der Waals surface area (Å²) in [6.45, 7) is 2.86. The van der Waals surface area contributed by atoms with Gasteiger partial charge in [-0.05, 0) is 18.1 Å². The van der Waals surface area contributed by atoms with Crippen LogP contribution in [0, 0.1) is 5.92 Å². The number of aromatic nitrogens is 4. The topological polar surface area (TPSA) is 63.3 Å². The highest BCUT2D eigenvalue weighted by atomic mass is 16.5. The monoisotopic (exact) mass is 368 g/mol. The molecule has 1 aromatic carbocycles. The first-order chi connectivity index (χ1) is 13.3. The standard InChI is InChI=1S/C20H24N4O3/c1-25-11-10-23-8-6-21-19(23)20-22-7-9-24(20)13-15-12-16-4-3-5-17(26-2)18(16)27-14-15/h3-9,15H,10-14H2,1-2H3. The molecule has 0 spiro atoms. The van der Waals surface area contributed by atoms with Crippen molar-refractivity contribution in [3.63, 3.8) is 0 Å². The number of rotatable bonds is 7. The number of para-hydroxylation sites is 1. The normalized spacial score (nSPS) is 16.0. The van der Waals surface area contributed by atoms with Gasteiger partial charge in [0.2, 0.25) is 0 Å². The fourth-order valence-electron chi connectivity index (χ4n) is 3.56. The van der Waals surface area contributed by atoms with Gasteiger partial charge in [-0.1, -0.05) is 12.1 Å². The zero-order valence-corrected chi connectivity index (χ0v) is 15.7. The molecule has 7 heteroatoms. The lowest BCUT2D eigenvalue weighted by Crippen LogP contribution is -2.25. The van der Waals surface area contributed by atoms with E-state index in [1.54, 1.807) is 20.4 Å². The van der Waals surface area contributed by atoms with Crippen LogP contribution in [0.2, 0.25) is 0 Å². The number of methoxy groups -OCH3 is 2. The summed E-state index contributed by atoms with van der Waals surface area (Å²) in [7, 11) is 3.38. The predicted molar refractivity (Wildman–Crippen MR) is 101 cm³/mol. The number of hydrogen-bond acceptors (Lipinski definition) is 5. The van der Waals surface area contributed by atoms with Crippen molar-refractivity contribution in [3.05, 3.63) is 48.5 Å². The highest BCUT2D eigenvalue weighted by Gasteiger charge is 2.24. The highest BCUT2D eigenvalue weighted by molar-refractivity contribution is 5.48. The Morgan fingerprint density at radius 3 is 2.67 bits per heavy atom. The minimum atomic E-state index is 0.361. The predicted octanol–water partition coefficient (Wildman–Crippen LogP) is 2.65. The molecule has 0 fully saturated rings. The summed E-state index contributed by atoms with van der Waals surface area (Å²) >= 11 is 0. The highest BCUT2D eigenvalue weighted by Crippen LogP contribution is 2.36. The number of benzene rings is 1. The Kier molecular flexibility index (Phi) is 5.11. The first-order valence-electron chi connectivity index (χ1n) is 9.10. The van der Waals surface area contributed by atoms with Gasteiger partial charge >= 0.3 is 0 Å². The maximum absolute atomic E-state index is 6.02. The Morgan fingerprint density at radius 2 is 1.89 bits per heavy atom. The van der Waals surface area contributed by atoms with E-state index < -0.39 is 0 Å². The van der Waals surface area contributed by atoms with Gasteiger partial charge in [-0.3, -0.25) is 0 Å². The van der Waals surface area contributed by atoms with Gasteiger partial charge < -0.3 is 23.3 Å². The fraction of sp³-hybridized carbons (Fsp3) is 0.400. The van der Waals surface area contributed by atoms with Crippen LogP contribution in [-0.4, -0.2) is 46.5 Å². The van der Waals surface area contributed by atoms with Crippen molar-refractivity contribution >= 4 is 0 Å². The third-order valence-electron chi connectivity index (χ3n) is 4.87. The number of ether oxygens (including phenoxy) is 3. The SMILES string of the molecule is COCCn1ccnc1-c1nccn1CC1COc2c(cccc2OC)C1. The first-order valence-corrected chi connectivity index (χ1v) is 9.10. The lowest BCUT2D eigenvalue weighted by Gasteiger charge is -2.27. The number of imidazole rings is 2. The average Bonchev–Trinajstić information content (AvgIpc) is 3.34. The molecule has 0 aliphatic carbocycles. The van der Waals surface area contributed by atoms with Gasteiger partial charge in [0.25, 0.3) is 0 Å². The van der Waals surface area contributed by atoms with E-state index in [9.17, 15) is 0 Å². The lowest BCUT2D eigenvalue weighted by molar-refractivity contribution is 0.187. The van der Waals surface area contributed by atoms with E-state index >= 15 is 0 Å². The van der Waals surface area contributed by atoms with Crippen molar-refractivity contribution in [2.24, 2.45) is 5.92 Å². The zero-order valence-electron chi connectivity index (χ0n) is 15.7. The molecule has 4 rings (SSSR count). The van der Waals surface area contributed by atoms with E-state index in [-0.39, 0.29) is 0 Å². The Balaban J connectivity index is 1.52. The molecular weight excluding hydrogens is 344 g/mol. The molecule has 142 valence electrons. The first kappa shape index (κ1) is 17.6. The van der Waals surface area contributed by atoms with Gasteiger partial charge in [0.05, 0.1) is 20.3 Å². The third-order valence-corrected chi connectivity index (χ3v) is 4.87. The van der Waals surface area contributed by atoms with E-state index in [1.807, 2.05) is 30.7 Å². The molecule has 3 heterocycles. The quantitative estimate of drug-likeness (QED) is 0.642. The van der Waals surface area contributed by atoms with Crippen molar-refractivity contribution in [2.75, 3.05) is 27.4 Å². The maximum atomic E-state index is 6.02. The minimum Gasteiger partial charge on any atom is -0.493 e. The van der Waals surface area contributed by atoms with Crippen molar-refractivity contribution < 1.29 is 14.2 Å². The van der Waals surface area contributed by atoms with Gasteiger partial charge in [-0.25, -0.2) is 9.97 Å². The van der Waals surface area contributed by atoms with Crippen LogP contribution in [-0.2, 0) is 24.2 Å². The second kappa shape index (κ2) is 7.84. The van der Waals surface area contributed by atoms with Crippen molar-refractivity contribution in [3.8, 4) is 23.1 Å². The van der Waals surface area contributed by atoms with Crippen LogP contribution in [0.3, 0.4) is 0 Å². The largest absolute Gasteiger partial charge is 0.493 e. The van der Waals surface area contributed by atoms with Crippen LogP contribution >= 0.6 is 0 Å². The van der Waals surface area contributed by atoms with Gasteiger partial charge in [-0.2, -0.15) is 0 Å². The molecule has 0 N–H and O–H groups in total. The summed E-state index contributed by atoms with van der Waals surface area (Å²) in [5, 5.41) is 0. The molecule has 7 nitrogen and oxygen atoms in total. The zero-order chi connectivity index (χ0) is 18.6. The molecule has 0 radical (unpaired) electrons. The van der Waals surface area contributed by atoms with E-state index in [0.717, 1.165) is 42.7 Å². The number of fused-ring (bicyclic) bond motifs is 1. The third kappa shape index (κ3) is 3.55. The number of hydrogen-bond donors (Lipinski definition) is 0. The van der Waals surface area contributed by atoms with Gasteiger partial charge in [0.1, 0.15) is 0 Å². The molecule has 1 atom stereocenters. The lowest BCUT2D eigenvalue weighted by atomic mass is 9.96. The van der Waals surface area contributed by atoms with Crippen molar-refractivity contribution in [1.29, 1.82) is 0 Å². The molecule has 1 unspecified atom stereocenters. The van der Waals surface area contributed by atoms with E-state index in [1.165, 1.54) is 5.56 Å². The van der Waals surface area contributed by atoms with E-state index in [0.29, 0.717) is 19.1 Å². The number of nitrogens with zero attached hydrogens (tertiary/aromatic N) is 4. The van der Waals surface area contributed by atoms with Gasteiger partial charge in [0, 0.05) is 50.9 Å². The second-order valence-electron chi connectivity index (χ2n) is 6.67. The summed E-state index contributed by atoms with van der Waals surface area (Å²) in [4.78, 5) is 9.04. The van der Waals surface area contributed by atoms with Crippen LogP contribution in [0.15, 0.2) is 43.0 Å². The molecule has 1 aliphatic heterocycles. The maximum Gasteiger partial charge on any atom is 0.176 e. The summed E-state index contributed by atoms with van der Waals surface area (Å²) in [6.07, 6.45) is 8.54. The van der Waals surface area contributed by atoms with Gasteiger partial charge in [-0.15, -0.1) is 0 Å². The van der Waals surface area contributed by atoms with E-state index in [4.69, 9.17) is 14.2 Å². The molecular formula is C20H24N4O3. The average molecular weight is 368 g/mol. The van der Waals surface area contributed by atoms with Crippen LogP contribution in [0.25, 0.3) is 11.6 Å². The van der Waals surface area contributed by atoms with Gasteiger partial charge in [0.15, 0.2) is 23.1 Å². The summed E-state index contributed by atoms with van der Waals surface area (Å²) in [5.41, 5.74) is 1.19. The smallest absolute Gasteiger partial charge is 0.176 e. The molecule has 0 saturated carbocycles. The Morgan fingerprint density at radius 1 is 1.11 bits per heavy atom. The molecule has 0 saturated heterocycles. The fourth-order valence-corrected chi connectivity index (χ4v) is 3.56. The van der Waals surface area contributed by atoms with Crippen LogP contribution in [0.1, 0.15) is 5.56 Å². The van der Waals surface area contributed by atoms with E-state index in [2.05, 4.69) is 25.2 Å². The van der Waals surface area contributed by atoms with Crippen LogP contribution in [0.5, 0.6) is 11.5 Å². The molecule has 0 bridgehead atoms. The summed E-state index contributed by atoms with van der Waals surface area (Å²) in [6, 6.07) is 6.06. The molecule has 1 aliphatic rings. The Bertz CT molecular complexity index is 902. The minimum absolute atomic E-state index is 0.361. The Labute approximate surface area is 158 Å². The molecule has 2 aromatic heterocycles. The molecule has 0 amide bonds. The van der Waals surface area contributed by atoms with Crippen LogP contribution < -0.4 is 9.47 Å².